The van der Waals surface area contributed by atoms with Crippen molar-refractivity contribution in [3.8, 4) is 0 Å². The van der Waals surface area contributed by atoms with Gasteiger partial charge in [0.1, 0.15) is 0 Å². The van der Waals surface area contributed by atoms with E-state index in [9.17, 15) is 4.79 Å². The van der Waals surface area contributed by atoms with Crippen molar-refractivity contribution in [1.29, 1.82) is 0 Å². The van der Waals surface area contributed by atoms with Crippen LogP contribution in [0.4, 0.5) is 0 Å². The summed E-state index contributed by atoms with van der Waals surface area (Å²) in [7, 11) is 0. The van der Waals surface area contributed by atoms with Gasteiger partial charge in [0.2, 0.25) is 5.91 Å². The van der Waals surface area contributed by atoms with E-state index in [1.807, 2.05) is 13.8 Å². The van der Waals surface area contributed by atoms with E-state index in [1.54, 1.807) is 0 Å². The molecule has 0 aliphatic carbocycles. The molecule has 0 saturated heterocycles. The molecule has 1 aromatic rings. The molecule has 0 heterocycles. The summed E-state index contributed by atoms with van der Waals surface area (Å²) in [5.74, 6) is -0.0428. The van der Waals surface area contributed by atoms with E-state index in [0.717, 1.165) is 19.3 Å². The summed E-state index contributed by atoms with van der Waals surface area (Å²) in [6, 6.07) is 6.22. The van der Waals surface area contributed by atoms with Gasteiger partial charge in [0, 0.05) is 6.04 Å². The van der Waals surface area contributed by atoms with Crippen molar-refractivity contribution in [1.82, 2.24) is 5.32 Å². The van der Waals surface area contributed by atoms with E-state index in [4.69, 9.17) is 5.73 Å². The van der Waals surface area contributed by atoms with Gasteiger partial charge in [-0.15, -0.1) is 0 Å². The van der Waals surface area contributed by atoms with Crippen molar-refractivity contribution in [2.75, 3.05) is 0 Å². The molecule has 19 heavy (non-hydrogen) atoms. The third-order valence-corrected chi connectivity index (χ3v) is 3.15. The average Bonchev–Trinajstić information content (AvgIpc) is 2.27. The summed E-state index contributed by atoms with van der Waals surface area (Å²) in [5, 5.41) is 2.99. The van der Waals surface area contributed by atoms with Crippen LogP contribution in [0.5, 0.6) is 0 Å². The second-order valence-corrected chi connectivity index (χ2v) is 5.50. The number of hydrogen-bond acceptors (Lipinski definition) is 2. The second kappa shape index (κ2) is 7.29. The minimum atomic E-state index is -0.383. The molecule has 1 rings (SSSR count). The second-order valence-electron chi connectivity index (χ2n) is 5.50. The normalized spacial score (nSPS) is 13.9. The molecule has 2 unspecified atom stereocenters. The van der Waals surface area contributed by atoms with Gasteiger partial charge in [-0.2, -0.15) is 0 Å². The zero-order valence-corrected chi connectivity index (χ0v) is 12.5. The maximum atomic E-state index is 11.8. The molecule has 1 amide bonds. The Morgan fingerprint density at radius 1 is 1.26 bits per heavy atom. The lowest BCUT2D eigenvalue weighted by molar-refractivity contribution is -0.123. The van der Waals surface area contributed by atoms with Crippen LogP contribution in [-0.2, 0) is 11.2 Å². The lowest BCUT2D eigenvalue weighted by atomic mass is 10.0. The Bertz CT molecular complexity index is 409. The zero-order chi connectivity index (χ0) is 14.4. The monoisotopic (exact) mass is 262 g/mol. The molecule has 0 aromatic heterocycles. The number of nitrogens with one attached hydrogen (secondary N) is 1. The van der Waals surface area contributed by atoms with Gasteiger partial charge in [0.05, 0.1) is 6.04 Å². The average molecular weight is 262 g/mol. The van der Waals surface area contributed by atoms with Crippen LogP contribution in [0.3, 0.4) is 0 Å². The third kappa shape index (κ3) is 5.43. The highest BCUT2D eigenvalue weighted by Crippen LogP contribution is 2.11. The largest absolute Gasteiger partial charge is 0.352 e. The molecule has 0 fully saturated rings. The van der Waals surface area contributed by atoms with Gasteiger partial charge < -0.3 is 11.1 Å². The van der Waals surface area contributed by atoms with Crippen LogP contribution in [0.15, 0.2) is 18.2 Å². The molecule has 3 nitrogen and oxygen atoms in total. The van der Waals surface area contributed by atoms with Crippen molar-refractivity contribution in [2.24, 2.45) is 5.73 Å². The molecule has 2 atom stereocenters. The molecule has 0 saturated carbocycles. The SMILES string of the molecule is CCCC(N)C(=O)NC(C)Cc1cc(C)cc(C)c1. The highest BCUT2D eigenvalue weighted by atomic mass is 16.2. The summed E-state index contributed by atoms with van der Waals surface area (Å²) in [4.78, 5) is 11.8. The number of rotatable bonds is 6. The quantitative estimate of drug-likeness (QED) is 0.827. The highest BCUT2D eigenvalue weighted by Gasteiger charge is 2.15. The number of benzene rings is 1. The number of carbonyl (C=O) groups is 1. The van der Waals surface area contributed by atoms with Gasteiger partial charge >= 0.3 is 0 Å². The summed E-state index contributed by atoms with van der Waals surface area (Å²) in [6.45, 7) is 8.24. The first-order valence-electron chi connectivity index (χ1n) is 7.05. The fourth-order valence-electron chi connectivity index (χ4n) is 2.38. The maximum Gasteiger partial charge on any atom is 0.237 e. The number of carbonyl (C=O) groups excluding carboxylic acids is 1. The van der Waals surface area contributed by atoms with Crippen LogP contribution >= 0.6 is 0 Å². The van der Waals surface area contributed by atoms with Crippen LogP contribution in [0.25, 0.3) is 0 Å². The predicted octanol–water partition coefficient (Wildman–Crippen LogP) is 2.48. The Hall–Kier alpha value is -1.35. The van der Waals surface area contributed by atoms with E-state index >= 15 is 0 Å². The van der Waals surface area contributed by atoms with E-state index in [0.29, 0.717) is 0 Å². The van der Waals surface area contributed by atoms with Crippen LogP contribution in [0.1, 0.15) is 43.4 Å². The first-order chi connectivity index (χ1) is 8.92. The highest BCUT2D eigenvalue weighted by molar-refractivity contribution is 5.81. The Morgan fingerprint density at radius 2 is 1.84 bits per heavy atom. The standard InChI is InChI=1S/C16H26N2O/c1-5-6-15(17)16(19)18-13(4)10-14-8-11(2)7-12(3)9-14/h7-9,13,15H,5-6,10,17H2,1-4H3,(H,18,19). The fraction of sp³-hybridized carbons (Fsp3) is 0.562. The van der Waals surface area contributed by atoms with Crippen LogP contribution in [0.2, 0.25) is 0 Å². The Kier molecular flexibility index (Phi) is 6.03. The molecular weight excluding hydrogens is 236 g/mol. The molecule has 1 aromatic carbocycles. The Balaban J connectivity index is 2.55. The Morgan fingerprint density at radius 3 is 2.37 bits per heavy atom. The van der Waals surface area contributed by atoms with Crippen molar-refractivity contribution < 1.29 is 4.79 Å². The maximum absolute atomic E-state index is 11.8. The number of aryl methyl sites for hydroxylation is 2. The summed E-state index contributed by atoms with van der Waals surface area (Å²) in [5.41, 5.74) is 9.59. The smallest absolute Gasteiger partial charge is 0.237 e. The van der Waals surface area contributed by atoms with E-state index in [-0.39, 0.29) is 18.0 Å². The van der Waals surface area contributed by atoms with Crippen LogP contribution in [0, 0.1) is 13.8 Å². The first-order valence-corrected chi connectivity index (χ1v) is 7.05. The van der Waals surface area contributed by atoms with E-state index in [2.05, 4.69) is 37.4 Å². The van der Waals surface area contributed by atoms with E-state index in [1.165, 1.54) is 16.7 Å². The molecule has 0 bridgehead atoms. The van der Waals surface area contributed by atoms with Gasteiger partial charge in [-0.3, -0.25) is 4.79 Å². The summed E-state index contributed by atoms with van der Waals surface area (Å²) < 4.78 is 0. The molecule has 3 N–H and O–H groups in total. The molecule has 0 radical (unpaired) electrons. The van der Waals surface area contributed by atoms with Crippen molar-refractivity contribution in [3.63, 3.8) is 0 Å². The van der Waals surface area contributed by atoms with Gasteiger partial charge in [-0.1, -0.05) is 42.7 Å². The molecule has 0 spiro atoms. The molecule has 0 aliphatic heterocycles. The number of nitrogens with two attached hydrogens (primary N) is 1. The minimum Gasteiger partial charge on any atom is -0.352 e. The minimum absolute atomic E-state index is 0.0428. The van der Waals surface area contributed by atoms with Gasteiger partial charge in [-0.25, -0.2) is 0 Å². The number of amides is 1. The van der Waals surface area contributed by atoms with Gasteiger partial charge in [0.15, 0.2) is 0 Å². The van der Waals surface area contributed by atoms with Crippen LogP contribution < -0.4 is 11.1 Å². The van der Waals surface area contributed by atoms with Gasteiger partial charge in [0.25, 0.3) is 0 Å². The topological polar surface area (TPSA) is 55.1 Å². The summed E-state index contributed by atoms with van der Waals surface area (Å²) >= 11 is 0. The Labute approximate surface area is 116 Å². The number of hydrogen-bond donors (Lipinski definition) is 2. The fourth-order valence-corrected chi connectivity index (χ4v) is 2.38. The summed E-state index contributed by atoms with van der Waals surface area (Å²) in [6.07, 6.45) is 2.51. The molecule has 3 heteroatoms. The van der Waals surface area contributed by atoms with E-state index < -0.39 is 0 Å². The van der Waals surface area contributed by atoms with Crippen molar-refractivity contribution in [2.45, 2.75) is 59.0 Å². The lowest BCUT2D eigenvalue weighted by Gasteiger charge is -2.17. The molecule has 106 valence electrons. The van der Waals surface area contributed by atoms with Crippen molar-refractivity contribution in [3.05, 3.63) is 34.9 Å². The molecule has 0 aliphatic rings. The van der Waals surface area contributed by atoms with Gasteiger partial charge in [-0.05, 0) is 39.2 Å². The predicted molar refractivity (Wildman–Crippen MR) is 80.1 cm³/mol. The first kappa shape index (κ1) is 15.7. The van der Waals surface area contributed by atoms with Crippen LogP contribution in [-0.4, -0.2) is 18.0 Å². The lowest BCUT2D eigenvalue weighted by Crippen LogP contribution is -2.45. The molecular formula is C16H26N2O. The zero-order valence-electron chi connectivity index (χ0n) is 12.5. The van der Waals surface area contributed by atoms with Crippen molar-refractivity contribution >= 4 is 5.91 Å². The third-order valence-electron chi connectivity index (χ3n) is 3.15.